The average Bonchev–Trinajstić information content (AvgIpc) is 2.97. The molecule has 2 heterocycles. The van der Waals surface area contributed by atoms with Gasteiger partial charge in [-0.15, -0.1) is 0 Å². The first-order valence-corrected chi connectivity index (χ1v) is 8.16. The molecule has 25 heavy (non-hydrogen) atoms. The molecule has 0 fully saturated rings. The maximum Gasteiger partial charge on any atom is 0.330 e. The quantitative estimate of drug-likeness (QED) is 0.681. The lowest BCUT2D eigenvalue weighted by molar-refractivity contribution is -0.147. The number of carbonyl (C=O) groups is 1. The fraction of sp³-hybridized carbons (Fsp3) is 0.333. The number of nitrogens with zero attached hydrogens (tertiary/aromatic N) is 4. The maximum absolute atomic E-state index is 12.8. The fourth-order valence-electron chi connectivity index (χ4n) is 2.90. The Morgan fingerprint density at radius 2 is 1.88 bits per heavy atom. The zero-order valence-electron chi connectivity index (χ0n) is 14.7. The Labute approximate surface area is 144 Å². The minimum absolute atomic E-state index is 0.251. The van der Waals surface area contributed by atoms with Crippen molar-refractivity contribution in [1.29, 1.82) is 0 Å². The largest absolute Gasteiger partial charge is 0.464 e. The SMILES string of the molecule is CCOC(=O)C(C)n1nc(C)c2c(C)n(-c3ccccc3)nc2c1=O. The van der Waals surface area contributed by atoms with E-state index in [4.69, 9.17) is 4.74 Å². The van der Waals surface area contributed by atoms with Gasteiger partial charge in [0.25, 0.3) is 5.56 Å². The van der Waals surface area contributed by atoms with Crippen molar-refractivity contribution >= 4 is 16.9 Å². The lowest BCUT2D eigenvalue weighted by Gasteiger charge is -2.13. The topological polar surface area (TPSA) is 79.0 Å². The Balaban J connectivity index is 2.21. The highest BCUT2D eigenvalue weighted by Gasteiger charge is 2.23. The van der Waals surface area contributed by atoms with Gasteiger partial charge in [-0.25, -0.2) is 14.2 Å². The highest BCUT2D eigenvalue weighted by atomic mass is 16.5. The molecule has 7 nitrogen and oxygen atoms in total. The zero-order chi connectivity index (χ0) is 18.1. The van der Waals surface area contributed by atoms with E-state index < -0.39 is 17.6 Å². The smallest absolute Gasteiger partial charge is 0.330 e. The van der Waals surface area contributed by atoms with Gasteiger partial charge in [-0.1, -0.05) is 18.2 Å². The van der Waals surface area contributed by atoms with Gasteiger partial charge < -0.3 is 4.74 Å². The Bertz CT molecular complexity index is 989. The molecular weight excluding hydrogens is 320 g/mol. The third-order valence-corrected chi connectivity index (χ3v) is 4.14. The van der Waals surface area contributed by atoms with Crippen molar-refractivity contribution in [3.63, 3.8) is 0 Å². The van der Waals surface area contributed by atoms with Gasteiger partial charge in [0.05, 0.1) is 29.1 Å². The van der Waals surface area contributed by atoms with Gasteiger partial charge in [-0.2, -0.15) is 10.2 Å². The molecule has 0 N–H and O–H groups in total. The molecule has 0 spiro atoms. The van der Waals surface area contributed by atoms with Gasteiger partial charge >= 0.3 is 5.97 Å². The summed E-state index contributed by atoms with van der Waals surface area (Å²) in [5.41, 5.74) is 2.23. The number of esters is 1. The van der Waals surface area contributed by atoms with Crippen LogP contribution >= 0.6 is 0 Å². The summed E-state index contributed by atoms with van der Waals surface area (Å²) >= 11 is 0. The second kappa shape index (κ2) is 6.51. The molecule has 0 amide bonds. The van der Waals surface area contributed by atoms with Gasteiger partial charge in [0.2, 0.25) is 0 Å². The lowest BCUT2D eigenvalue weighted by Crippen LogP contribution is -2.32. The van der Waals surface area contributed by atoms with E-state index in [9.17, 15) is 9.59 Å². The number of carbonyl (C=O) groups excluding carboxylic acids is 1. The van der Waals surface area contributed by atoms with Gasteiger partial charge in [0.15, 0.2) is 11.6 Å². The average molecular weight is 340 g/mol. The van der Waals surface area contributed by atoms with Crippen LogP contribution in [0.2, 0.25) is 0 Å². The number of hydrogen-bond donors (Lipinski definition) is 0. The molecule has 0 aliphatic heterocycles. The number of hydrogen-bond acceptors (Lipinski definition) is 5. The van der Waals surface area contributed by atoms with E-state index in [2.05, 4.69) is 10.2 Å². The van der Waals surface area contributed by atoms with Crippen molar-refractivity contribution in [1.82, 2.24) is 19.6 Å². The highest BCUT2D eigenvalue weighted by Crippen LogP contribution is 2.21. The van der Waals surface area contributed by atoms with Crippen LogP contribution in [0.25, 0.3) is 16.6 Å². The summed E-state index contributed by atoms with van der Waals surface area (Å²) in [7, 11) is 0. The van der Waals surface area contributed by atoms with E-state index in [-0.39, 0.29) is 6.61 Å². The third kappa shape index (κ3) is 2.82. The predicted octanol–water partition coefficient (Wildman–Crippen LogP) is 2.32. The van der Waals surface area contributed by atoms with Crippen molar-refractivity contribution in [3.8, 4) is 5.69 Å². The van der Waals surface area contributed by atoms with E-state index >= 15 is 0 Å². The maximum atomic E-state index is 12.8. The molecule has 3 rings (SSSR count). The number of ether oxygens (including phenoxy) is 1. The van der Waals surface area contributed by atoms with E-state index in [1.54, 1.807) is 25.5 Å². The van der Waals surface area contributed by atoms with Crippen LogP contribution in [0.4, 0.5) is 0 Å². The second-order valence-corrected chi connectivity index (χ2v) is 5.82. The molecular formula is C18H20N4O3. The minimum atomic E-state index is -0.808. The monoisotopic (exact) mass is 340 g/mol. The van der Waals surface area contributed by atoms with Crippen LogP contribution in [0.1, 0.15) is 31.3 Å². The first kappa shape index (κ1) is 16.9. The molecule has 0 bridgehead atoms. The summed E-state index contributed by atoms with van der Waals surface area (Å²) in [6, 6.07) is 8.77. The second-order valence-electron chi connectivity index (χ2n) is 5.82. The van der Waals surface area contributed by atoms with Crippen molar-refractivity contribution < 1.29 is 9.53 Å². The van der Waals surface area contributed by atoms with Crippen molar-refractivity contribution in [2.24, 2.45) is 0 Å². The molecule has 0 aliphatic carbocycles. The van der Waals surface area contributed by atoms with Crippen LogP contribution in [-0.2, 0) is 9.53 Å². The molecule has 1 unspecified atom stereocenters. The van der Waals surface area contributed by atoms with E-state index in [0.717, 1.165) is 16.1 Å². The number of rotatable bonds is 4. The number of aryl methyl sites for hydroxylation is 2. The molecule has 1 aromatic carbocycles. The number of aromatic nitrogens is 4. The van der Waals surface area contributed by atoms with Crippen LogP contribution in [0, 0.1) is 13.8 Å². The summed E-state index contributed by atoms with van der Waals surface area (Å²) in [6.07, 6.45) is 0. The zero-order valence-corrected chi connectivity index (χ0v) is 14.7. The Morgan fingerprint density at radius 1 is 1.20 bits per heavy atom. The molecule has 1 atom stereocenters. The summed E-state index contributed by atoms with van der Waals surface area (Å²) in [4.78, 5) is 24.8. The molecule has 7 heteroatoms. The van der Waals surface area contributed by atoms with E-state index in [1.807, 2.05) is 37.3 Å². The lowest BCUT2D eigenvalue weighted by atomic mass is 10.2. The molecule has 0 saturated carbocycles. The molecule has 0 saturated heterocycles. The third-order valence-electron chi connectivity index (χ3n) is 4.14. The Kier molecular flexibility index (Phi) is 4.39. The van der Waals surface area contributed by atoms with Crippen molar-refractivity contribution in [2.45, 2.75) is 33.7 Å². The van der Waals surface area contributed by atoms with Gasteiger partial charge in [0, 0.05) is 0 Å². The van der Waals surface area contributed by atoms with E-state index in [1.165, 1.54) is 0 Å². The highest BCUT2D eigenvalue weighted by molar-refractivity contribution is 5.83. The first-order valence-electron chi connectivity index (χ1n) is 8.16. The normalized spacial score (nSPS) is 12.3. The van der Waals surface area contributed by atoms with Crippen molar-refractivity contribution in [2.75, 3.05) is 6.61 Å². The van der Waals surface area contributed by atoms with E-state index in [0.29, 0.717) is 16.6 Å². The number of para-hydroxylation sites is 1. The van der Waals surface area contributed by atoms with Gasteiger partial charge in [-0.05, 0) is 39.8 Å². The standard InChI is InChI=1S/C18H20N4O3/c1-5-25-18(24)13(4)22-17(23)16-15(11(2)19-22)12(3)21(20-16)14-9-7-6-8-10-14/h6-10,13H,5H2,1-4H3. The summed E-state index contributed by atoms with van der Waals surface area (Å²) < 4.78 is 7.87. The predicted molar refractivity (Wildman–Crippen MR) is 93.9 cm³/mol. The van der Waals surface area contributed by atoms with Crippen molar-refractivity contribution in [3.05, 3.63) is 52.1 Å². The molecule has 2 aromatic heterocycles. The van der Waals surface area contributed by atoms with Crippen LogP contribution in [0.5, 0.6) is 0 Å². The Hall–Kier alpha value is -2.96. The fourth-order valence-corrected chi connectivity index (χ4v) is 2.90. The molecule has 0 radical (unpaired) electrons. The first-order chi connectivity index (χ1) is 12.0. The van der Waals surface area contributed by atoms with Gasteiger partial charge in [0.1, 0.15) is 0 Å². The van der Waals surface area contributed by atoms with Gasteiger partial charge in [-0.3, -0.25) is 4.79 Å². The van der Waals surface area contributed by atoms with Crippen LogP contribution < -0.4 is 5.56 Å². The summed E-state index contributed by atoms with van der Waals surface area (Å²) in [6.45, 7) is 7.27. The molecule has 130 valence electrons. The summed E-state index contributed by atoms with van der Waals surface area (Å²) in [5, 5.41) is 9.51. The Morgan fingerprint density at radius 3 is 2.52 bits per heavy atom. The van der Waals surface area contributed by atoms with Crippen LogP contribution in [-0.4, -0.2) is 32.1 Å². The van der Waals surface area contributed by atoms with Crippen LogP contribution in [0.15, 0.2) is 35.1 Å². The number of fused-ring (bicyclic) bond motifs is 1. The minimum Gasteiger partial charge on any atom is -0.464 e. The summed E-state index contributed by atoms with van der Waals surface area (Å²) in [5.74, 6) is -0.491. The van der Waals surface area contributed by atoms with Crippen LogP contribution in [0.3, 0.4) is 0 Å². The molecule has 0 aliphatic rings. The molecule has 3 aromatic rings. The number of benzene rings is 1.